The van der Waals surface area contributed by atoms with E-state index in [1.54, 1.807) is 0 Å². The molecular weight excluding hydrogens is 434 g/mol. The molecule has 2 aromatic carbocycles. The van der Waals surface area contributed by atoms with Gasteiger partial charge >= 0.3 is 6.11 Å². The van der Waals surface area contributed by atoms with Crippen LogP contribution in [0.15, 0.2) is 24.3 Å². The first-order valence-corrected chi connectivity index (χ1v) is 10.9. The van der Waals surface area contributed by atoms with Crippen LogP contribution in [0.5, 0.6) is 11.5 Å². The lowest BCUT2D eigenvalue weighted by atomic mass is 9.77. The minimum atomic E-state index is -4.44. The maximum Gasteiger partial charge on any atom is 0.429 e. The van der Waals surface area contributed by atoms with Gasteiger partial charge in [-0.1, -0.05) is 25.8 Å². The maximum atomic E-state index is 14.7. The normalized spacial score (nSPS) is 19.1. The summed E-state index contributed by atoms with van der Waals surface area (Å²) in [5, 5.41) is 0. The number of ether oxygens (including phenoxy) is 2. The van der Waals surface area contributed by atoms with Gasteiger partial charge in [0, 0.05) is 0 Å². The fourth-order valence-corrected chi connectivity index (χ4v) is 4.33. The molecule has 3 rings (SSSR count). The summed E-state index contributed by atoms with van der Waals surface area (Å²) < 4.78 is 95.6. The number of hydrogen-bond donors (Lipinski definition) is 0. The van der Waals surface area contributed by atoms with Crippen LogP contribution in [0.2, 0.25) is 0 Å². The van der Waals surface area contributed by atoms with Crippen molar-refractivity contribution < 1.29 is 35.8 Å². The SMILES string of the molecule is CCCC1CCC(c2ccc(OC(F)(F)c3ccc(OCC)c(F)c3F)c(F)c2F)CC1. The van der Waals surface area contributed by atoms with Crippen LogP contribution in [0.1, 0.15) is 69.4 Å². The summed E-state index contributed by atoms with van der Waals surface area (Å²) >= 11 is 0. The van der Waals surface area contributed by atoms with Gasteiger partial charge in [0.15, 0.2) is 23.1 Å². The number of benzene rings is 2. The number of hydrogen-bond acceptors (Lipinski definition) is 2. The Bertz CT molecular complexity index is 939. The topological polar surface area (TPSA) is 18.5 Å². The smallest absolute Gasteiger partial charge is 0.429 e. The maximum absolute atomic E-state index is 14.7. The molecule has 0 amide bonds. The van der Waals surface area contributed by atoms with Gasteiger partial charge in [0.2, 0.25) is 11.6 Å². The first-order chi connectivity index (χ1) is 15.2. The predicted molar refractivity (Wildman–Crippen MR) is 108 cm³/mol. The Morgan fingerprint density at radius 3 is 2.06 bits per heavy atom. The van der Waals surface area contributed by atoms with Crippen LogP contribution in [-0.2, 0) is 6.11 Å². The van der Waals surface area contributed by atoms with Crippen molar-refractivity contribution in [1.29, 1.82) is 0 Å². The third kappa shape index (κ3) is 4.99. The second kappa shape index (κ2) is 10.0. The minimum Gasteiger partial charge on any atom is -0.491 e. The zero-order chi connectivity index (χ0) is 23.5. The first kappa shape index (κ1) is 24.3. The van der Waals surface area contributed by atoms with E-state index in [4.69, 9.17) is 4.74 Å². The molecule has 0 aromatic heterocycles. The molecular formula is C24H26F6O2. The van der Waals surface area contributed by atoms with Gasteiger partial charge in [-0.25, -0.2) is 8.78 Å². The zero-order valence-electron chi connectivity index (χ0n) is 18.0. The van der Waals surface area contributed by atoms with Gasteiger partial charge in [-0.3, -0.25) is 0 Å². The van der Waals surface area contributed by atoms with Crippen LogP contribution in [0.4, 0.5) is 26.3 Å². The molecule has 1 aliphatic rings. The molecule has 1 saturated carbocycles. The molecule has 1 fully saturated rings. The summed E-state index contributed by atoms with van der Waals surface area (Å²) in [5.74, 6) is -7.60. The van der Waals surface area contributed by atoms with Crippen LogP contribution in [0.25, 0.3) is 0 Å². The van der Waals surface area contributed by atoms with E-state index in [2.05, 4.69) is 11.7 Å². The molecule has 2 nitrogen and oxygen atoms in total. The summed E-state index contributed by atoms with van der Waals surface area (Å²) in [6.45, 7) is 3.61. The number of alkyl halides is 2. The van der Waals surface area contributed by atoms with E-state index in [0.29, 0.717) is 24.8 Å². The van der Waals surface area contributed by atoms with E-state index < -0.39 is 46.4 Å². The van der Waals surface area contributed by atoms with E-state index in [1.165, 1.54) is 13.0 Å². The van der Waals surface area contributed by atoms with Gasteiger partial charge in [0.05, 0.1) is 6.61 Å². The molecule has 0 unspecified atom stereocenters. The second-order valence-corrected chi connectivity index (χ2v) is 8.08. The molecule has 0 N–H and O–H groups in total. The van der Waals surface area contributed by atoms with E-state index in [0.717, 1.165) is 37.8 Å². The predicted octanol–water partition coefficient (Wildman–Crippen LogP) is 7.84. The van der Waals surface area contributed by atoms with Gasteiger partial charge < -0.3 is 9.47 Å². The van der Waals surface area contributed by atoms with Gasteiger partial charge in [-0.05, 0) is 68.2 Å². The zero-order valence-corrected chi connectivity index (χ0v) is 18.0. The largest absolute Gasteiger partial charge is 0.491 e. The third-order valence-electron chi connectivity index (χ3n) is 5.96. The molecule has 0 heterocycles. The molecule has 32 heavy (non-hydrogen) atoms. The second-order valence-electron chi connectivity index (χ2n) is 8.08. The van der Waals surface area contributed by atoms with Crippen molar-refractivity contribution in [2.24, 2.45) is 5.92 Å². The monoisotopic (exact) mass is 460 g/mol. The molecule has 0 bridgehead atoms. The Kier molecular flexibility index (Phi) is 7.62. The molecule has 0 saturated heterocycles. The average molecular weight is 460 g/mol. The van der Waals surface area contributed by atoms with E-state index >= 15 is 0 Å². The lowest BCUT2D eigenvalue weighted by Crippen LogP contribution is -2.25. The van der Waals surface area contributed by atoms with E-state index in [9.17, 15) is 26.3 Å². The Morgan fingerprint density at radius 1 is 0.812 bits per heavy atom. The Morgan fingerprint density at radius 2 is 1.44 bits per heavy atom. The van der Waals surface area contributed by atoms with Gasteiger partial charge in [0.1, 0.15) is 5.56 Å². The first-order valence-electron chi connectivity index (χ1n) is 10.9. The summed E-state index contributed by atoms with van der Waals surface area (Å²) in [6.07, 6.45) is 0.896. The minimum absolute atomic E-state index is 0.000307. The highest BCUT2D eigenvalue weighted by Crippen LogP contribution is 2.42. The summed E-state index contributed by atoms with van der Waals surface area (Å²) in [6, 6.07) is 3.54. The van der Waals surface area contributed by atoms with Gasteiger partial charge in [0.25, 0.3) is 0 Å². The molecule has 8 heteroatoms. The van der Waals surface area contributed by atoms with Crippen LogP contribution in [0.3, 0.4) is 0 Å². The molecule has 0 radical (unpaired) electrons. The Hall–Kier alpha value is -2.38. The molecule has 1 aliphatic carbocycles. The van der Waals surface area contributed by atoms with Crippen molar-refractivity contribution in [3.8, 4) is 11.5 Å². The number of halogens is 6. The van der Waals surface area contributed by atoms with Gasteiger partial charge in [-0.15, -0.1) is 0 Å². The van der Waals surface area contributed by atoms with Crippen molar-refractivity contribution in [3.05, 3.63) is 58.7 Å². The van der Waals surface area contributed by atoms with Crippen molar-refractivity contribution >= 4 is 0 Å². The Balaban J connectivity index is 1.81. The van der Waals surface area contributed by atoms with Crippen LogP contribution in [-0.4, -0.2) is 6.61 Å². The molecule has 0 aliphatic heterocycles. The van der Waals surface area contributed by atoms with Crippen molar-refractivity contribution in [1.82, 2.24) is 0 Å². The van der Waals surface area contributed by atoms with Crippen molar-refractivity contribution in [2.75, 3.05) is 6.61 Å². The van der Waals surface area contributed by atoms with E-state index in [1.807, 2.05) is 0 Å². The molecule has 176 valence electrons. The third-order valence-corrected chi connectivity index (χ3v) is 5.96. The fraction of sp³-hybridized carbons (Fsp3) is 0.500. The quantitative estimate of drug-likeness (QED) is 0.374. The average Bonchev–Trinajstić information content (AvgIpc) is 2.76. The van der Waals surface area contributed by atoms with E-state index in [-0.39, 0.29) is 18.1 Å². The van der Waals surface area contributed by atoms with Crippen LogP contribution < -0.4 is 9.47 Å². The highest BCUT2D eigenvalue weighted by molar-refractivity contribution is 5.36. The lowest BCUT2D eigenvalue weighted by Gasteiger charge is -2.29. The molecule has 0 spiro atoms. The fourth-order valence-electron chi connectivity index (χ4n) is 4.33. The lowest BCUT2D eigenvalue weighted by molar-refractivity contribution is -0.189. The van der Waals surface area contributed by atoms with Crippen molar-refractivity contribution in [2.45, 2.75) is 64.4 Å². The molecule has 0 atom stereocenters. The summed E-state index contributed by atoms with van der Waals surface area (Å²) in [4.78, 5) is 0. The Labute approximate surface area is 183 Å². The van der Waals surface area contributed by atoms with Crippen LogP contribution in [0, 0.1) is 29.2 Å². The highest BCUT2D eigenvalue weighted by atomic mass is 19.3. The summed E-state index contributed by atoms with van der Waals surface area (Å²) in [7, 11) is 0. The number of rotatable bonds is 8. The van der Waals surface area contributed by atoms with Crippen LogP contribution >= 0.6 is 0 Å². The van der Waals surface area contributed by atoms with Gasteiger partial charge in [-0.2, -0.15) is 17.6 Å². The standard InChI is InChI=1S/C24H26F6O2/c1-3-5-14-6-8-15(9-7-14)16-10-12-19(23(28)20(16)25)32-24(29,30)17-11-13-18(31-4-2)22(27)21(17)26/h10-15H,3-9H2,1-2H3. The molecule has 2 aromatic rings. The van der Waals surface area contributed by atoms with Crippen molar-refractivity contribution in [3.63, 3.8) is 0 Å². The highest BCUT2D eigenvalue weighted by Gasteiger charge is 2.41. The summed E-state index contributed by atoms with van der Waals surface area (Å²) in [5.41, 5.74) is -1.33.